The van der Waals surface area contributed by atoms with E-state index in [1.807, 2.05) is 44.2 Å². The molecule has 1 rings (SSSR count). The molecule has 0 aliphatic carbocycles. The molecule has 1 aromatic carbocycles. The summed E-state index contributed by atoms with van der Waals surface area (Å²) in [7, 11) is 0. The Hall–Kier alpha value is -1.39. The van der Waals surface area contributed by atoms with Crippen LogP contribution < -0.4 is 11.1 Å². The van der Waals surface area contributed by atoms with Gasteiger partial charge in [0.25, 0.3) is 0 Å². The van der Waals surface area contributed by atoms with E-state index < -0.39 is 5.54 Å². The minimum atomic E-state index is -1.09. The van der Waals surface area contributed by atoms with Crippen LogP contribution in [0.25, 0.3) is 0 Å². The van der Waals surface area contributed by atoms with Gasteiger partial charge in [0, 0.05) is 0 Å². The van der Waals surface area contributed by atoms with E-state index in [0.717, 1.165) is 12.0 Å². The molecule has 0 aliphatic rings. The molecule has 1 amide bonds. The molecule has 4 N–H and O–H groups in total. The monoisotopic (exact) mass is 264 g/mol. The molecule has 106 valence electrons. The number of amides is 1. The number of benzene rings is 1. The Morgan fingerprint density at radius 3 is 2.42 bits per heavy atom. The lowest BCUT2D eigenvalue weighted by atomic mass is 9.91. The lowest BCUT2D eigenvalue weighted by molar-refractivity contribution is -0.127. The number of aliphatic hydroxyl groups excluding tert-OH is 1. The predicted molar refractivity (Wildman–Crippen MR) is 76.5 cm³/mol. The van der Waals surface area contributed by atoms with Crippen molar-refractivity contribution in [2.45, 2.75) is 38.8 Å². The molecule has 0 spiro atoms. The number of nitrogens with one attached hydrogen (secondary N) is 1. The Bertz CT molecular complexity index is 402. The summed E-state index contributed by atoms with van der Waals surface area (Å²) in [5, 5.41) is 12.1. The van der Waals surface area contributed by atoms with Gasteiger partial charge in [-0.2, -0.15) is 0 Å². The van der Waals surface area contributed by atoms with E-state index in [4.69, 9.17) is 5.73 Å². The first-order chi connectivity index (χ1) is 8.87. The molecule has 0 saturated carbocycles. The molecule has 0 heterocycles. The second-order valence-electron chi connectivity index (χ2n) is 5.55. The number of hydrogen-bond acceptors (Lipinski definition) is 3. The maximum atomic E-state index is 12.3. The average molecular weight is 264 g/mol. The van der Waals surface area contributed by atoms with Gasteiger partial charge in [-0.25, -0.2) is 0 Å². The van der Waals surface area contributed by atoms with Gasteiger partial charge in [-0.15, -0.1) is 0 Å². The Morgan fingerprint density at radius 1 is 1.37 bits per heavy atom. The summed E-state index contributed by atoms with van der Waals surface area (Å²) in [5.41, 5.74) is 5.79. The van der Waals surface area contributed by atoms with Crippen molar-refractivity contribution in [2.24, 2.45) is 11.7 Å². The van der Waals surface area contributed by atoms with Gasteiger partial charge in [0.15, 0.2) is 0 Å². The molecule has 2 unspecified atom stereocenters. The Balaban J connectivity index is 2.76. The largest absolute Gasteiger partial charge is 0.394 e. The zero-order valence-corrected chi connectivity index (χ0v) is 11.9. The van der Waals surface area contributed by atoms with Crippen molar-refractivity contribution in [3.63, 3.8) is 0 Å². The number of nitrogens with two attached hydrogens (primary N) is 1. The first-order valence-electron chi connectivity index (χ1n) is 6.64. The third kappa shape index (κ3) is 4.33. The molecule has 0 fully saturated rings. The highest BCUT2D eigenvalue weighted by atomic mass is 16.3. The van der Waals surface area contributed by atoms with Crippen molar-refractivity contribution >= 4 is 5.91 Å². The molecule has 0 aromatic heterocycles. The van der Waals surface area contributed by atoms with Gasteiger partial charge in [-0.05, 0) is 24.8 Å². The smallest absolute Gasteiger partial charge is 0.244 e. The van der Waals surface area contributed by atoms with Crippen LogP contribution in [0.2, 0.25) is 0 Å². The van der Waals surface area contributed by atoms with Crippen LogP contribution in [0.15, 0.2) is 30.3 Å². The molecule has 0 saturated heterocycles. The van der Waals surface area contributed by atoms with E-state index in [1.54, 1.807) is 6.92 Å². The SMILES string of the molecule is CC(C)CC(CO)NC(=O)C(C)(N)c1ccccc1. The van der Waals surface area contributed by atoms with Gasteiger partial charge in [-0.1, -0.05) is 44.2 Å². The topological polar surface area (TPSA) is 75.3 Å². The third-order valence-electron chi connectivity index (χ3n) is 3.16. The molecular weight excluding hydrogens is 240 g/mol. The molecule has 0 aliphatic heterocycles. The minimum absolute atomic E-state index is 0.0746. The van der Waals surface area contributed by atoms with Crippen molar-refractivity contribution in [1.29, 1.82) is 0 Å². The van der Waals surface area contributed by atoms with Crippen molar-refractivity contribution < 1.29 is 9.90 Å². The summed E-state index contributed by atoms with van der Waals surface area (Å²) in [6.07, 6.45) is 0.729. The highest BCUT2D eigenvalue weighted by Crippen LogP contribution is 2.18. The zero-order chi connectivity index (χ0) is 14.5. The summed E-state index contributed by atoms with van der Waals surface area (Å²) in [4.78, 5) is 12.3. The van der Waals surface area contributed by atoms with Gasteiger partial charge in [0.2, 0.25) is 5.91 Å². The molecular formula is C15H24N2O2. The number of carbonyl (C=O) groups excluding carboxylic acids is 1. The van der Waals surface area contributed by atoms with E-state index in [-0.39, 0.29) is 18.6 Å². The van der Waals surface area contributed by atoms with Gasteiger partial charge in [-0.3, -0.25) is 4.79 Å². The Labute approximate surface area is 115 Å². The van der Waals surface area contributed by atoms with E-state index in [0.29, 0.717) is 5.92 Å². The van der Waals surface area contributed by atoms with Gasteiger partial charge < -0.3 is 16.2 Å². The van der Waals surface area contributed by atoms with Crippen LogP contribution in [0.4, 0.5) is 0 Å². The molecule has 0 radical (unpaired) electrons. The lowest BCUT2D eigenvalue weighted by Crippen LogP contribution is -2.53. The van der Waals surface area contributed by atoms with E-state index >= 15 is 0 Å². The quantitative estimate of drug-likeness (QED) is 0.726. The highest BCUT2D eigenvalue weighted by molar-refractivity contribution is 5.87. The normalized spacial score (nSPS) is 15.9. The van der Waals surface area contributed by atoms with Crippen molar-refractivity contribution in [2.75, 3.05) is 6.61 Å². The average Bonchev–Trinajstić information content (AvgIpc) is 2.38. The van der Waals surface area contributed by atoms with Gasteiger partial charge in [0.1, 0.15) is 5.54 Å². The Morgan fingerprint density at radius 2 is 1.95 bits per heavy atom. The lowest BCUT2D eigenvalue weighted by Gasteiger charge is -2.27. The van der Waals surface area contributed by atoms with Crippen molar-refractivity contribution in [3.05, 3.63) is 35.9 Å². The second-order valence-corrected chi connectivity index (χ2v) is 5.55. The fourth-order valence-corrected chi connectivity index (χ4v) is 2.00. The third-order valence-corrected chi connectivity index (χ3v) is 3.16. The number of aliphatic hydroxyl groups is 1. The summed E-state index contributed by atoms with van der Waals surface area (Å²) in [6, 6.07) is 8.99. The van der Waals surface area contributed by atoms with Crippen LogP contribution in [0.1, 0.15) is 32.8 Å². The van der Waals surface area contributed by atoms with E-state index in [2.05, 4.69) is 5.32 Å². The number of hydrogen-bond donors (Lipinski definition) is 3. The summed E-state index contributed by atoms with van der Waals surface area (Å²) >= 11 is 0. The number of rotatable bonds is 6. The first-order valence-corrected chi connectivity index (χ1v) is 6.64. The van der Waals surface area contributed by atoms with Crippen LogP contribution in [-0.4, -0.2) is 23.7 Å². The fourth-order valence-electron chi connectivity index (χ4n) is 2.00. The van der Waals surface area contributed by atoms with Crippen LogP contribution in [0, 0.1) is 5.92 Å². The molecule has 19 heavy (non-hydrogen) atoms. The molecule has 2 atom stereocenters. The van der Waals surface area contributed by atoms with Crippen LogP contribution in [0.3, 0.4) is 0 Å². The van der Waals surface area contributed by atoms with Crippen molar-refractivity contribution in [1.82, 2.24) is 5.32 Å². The maximum absolute atomic E-state index is 12.3. The molecule has 4 heteroatoms. The molecule has 4 nitrogen and oxygen atoms in total. The van der Waals surface area contributed by atoms with E-state index in [9.17, 15) is 9.90 Å². The molecule has 0 bridgehead atoms. The molecule has 1 aromatic rings. The minimum Gasteiger partial charge on any atom is -0.394 e. The summed E-state index contributed by atoms with van der Waals surface area (Å²) in [6.45, 7) is 5.71. The van der Waals surface area contributed by atoms with Crippen molar-refractivity contribution in [3.8, 4) is 0 Å². The predicted octanol–water partition coefficient (Wildman–Crippen LogP) is 1.38. The van der Waals surface area contributed by atoms with Gasteiger partial charge in [0.05, 0.1) is 12.6 Å². The van der Waals surface area contributed by atoms with Crippen LogP contribution >= 0.6 is 0 Å². The Kier molecular flexibility index (Phi) is 5.51. The summed E-state index contributed by atoms with van der Waals surface area (Å²) in [5.74, 6) is 0.136. The van der Waals surface area contributed by atoms with Gasteiger partial charge >= 0.3 is 0 Å². The maximum Gasteiger partial charge on any atom is 0.244 e. The fraction of sp³-hybridized carbons (Fsp3) is 0.533. The summed E-state index contributed by atoms with van der Waals surface area (Å²) < 4.78 is 0. The zero-order valence-electron chi connectivity index (χ0n) is 11.9. The van der Waals surface area contributed by atoms with Crippen LogP contribution in [-0.2, 0) is 10.3 Å². The highest BCUT2D eigenvalue weighted by Gasteiger charge is 2.31. The number of carbonyl (C=O) groups is 1. The second kappa shape index (κ2) is 6.68. The first kappa shape index (κ1) is 15.7. The van der Waals surface area contributed by atoms with E-state index in [1.165, 1.54) is 0 Å². The standard InChI is InChI=1S/C15H24N2O2/c1-11(2)9-13(10-18)17-14(19)15(3,16)12-7-5-4-6-8-12/h4-8,11,13,18H,9-10,16H2,1-3H3,(H,17,19). The van der Waals surface area contributed by atoms with Crippen LogP contribution in [0.5, 0.6) is 0 Å².